The molecule has 0 unspecified atom stereocenters. The zero-order chi connectivity index (χ0) is 31.1. The second kappa shape index (κ2) is 14.8. The number of nitrogens with zero attached hydrogens (tertiary/aromatic N) is 3. The van der Waals surface area contributed by atoms with E-state index in [4.69, 9.17) is 14.5 Å². The maximum absolute atomic E-state index is 13.6. The molecule has 238 valence electrons. The number of halogens is 1. The van der Waals surface area contributed by atoms with Gasteiger partial charge in [-0.05, 0) is 80.3 Å². The van der Waals surface area contributed by atoms with Gasteiger partial charge in [-0.1, -0.05) is 39.4 Å². The van der Waals surface area contributed by atoms with Gasteiger partial charge >= 0.3 is 6.09 Å². The highest BCUT2D eigenvalue weighted by atomic mass is 79.9. The van der Waals surface area contributed by atoms with E-state index in [2.05, 4.69) is 40.9 Å². The molecule has 11 heteroatoms. The zero-order valence-electron chi connectivity index (χ0n) is 26.9. The number of hydrogen-bond donors (Lipinski definition) is 1. The van der Waals surface area contributed by atoms with E-state index in [1.54, 1.807) is 11.1 Å². The molecule has 1 saturated carbocycles. The summed E-state index contributed by atoms with van der Waals surface area (Å²) < 4.78 is 14.4. The second-order valence-corrected chi connectivity index (χ2v) is 20.8. The van der Waals surface area contributed by atoms with Gasteiger partial charge in [-0.15, -0.1) is 0 Å². The van der Waals surface area contributed by atoms with Crippen LogP contribution in [0.15, 0.2) is 10.8 Å². The molecule has 0 radical (unpaired) electrons. The first-order valence-electron chi connectivity index (χ1n) is 15.7. The molecule has 2 atom stereocenters. The van der Waals surface area contributed by atoms with E-state index in [0.29, 0.717) is 45.1 Å². The van der Waals surface area contributed by atoms with Gasteiger partial charge in [-0.3, -0.25) is 14.2 Å². The predicted octanol–water partition coefficient (Wildman–Crippen LogP) is 7.08. The number of Topliss-reactive ketones (excluding diaryl/α,β-unsaturated/α-hetero) is 1. The van der Waals surface area contributed by atoms with Crippen LogP contribution in [0, 0.1) is 11.3 Å². The number of likely N-dealkylation sites (tertiary alicyclic amines) is 1. The van der Waals surface area contributed by atoms with Crippen LogP contribution in [0.2, 0.25) is 25.7 Å². The Labute approximate surface area is 262 Å². The van der Waals surface area contributed by atoms with Crippen LogP contribution in [0.3, 0.4) is 0 Å². The van der Waals surface area contributed by atoms with E-state index in [1.165, 1.54) is 0 Å². The fraction of sp³-hybridized carbons (Fsp3) is 0.806. The summed E-state index contributed by atoms with van der Waals surface area (Å²) in [4.78, 5) is 44.4. The second-order valence-electron chi connectivity index (χ2n) is 14.4. The van der Waals surface area contributed by atoms with Crippen LogP contribution < -0.4 is 5.32 Å². The molecule has 0 aromatic carbocycles. The normalized spacial score (nSPS) is 19.0. The van der Waals surface area contributed by atoms with Gasteiger partial charge in [0.1, 0.15) is 28.5 Å². The zero-order valence-corrected chi connectivity index (χ0v) is 29.5. The number of amides is 2. The standard InChI is InChI=1S/C31H53BrN4O5Si/c1-8-23(37)12-10-9-11-13-25(27-33-21-26(32)36(27)22-40-18-19-42(5,6)7)34-28(38)24-20-31(24)14-16-35(17-15-31)29(39)41-30(2,3)4/h21,24-25H,8-20,22H2,1-7H3,(H,34,38)/t24-,25+/m1/s1. The molecule has 1 aliphatic heterocycles. The number of nitrogens with one attached hydrogen (secondary N) is 1. The number of rotatable bonds is 15. The maximum atomic E-state index is 13.6. The van der Waals surface area contributed by atoms with E-state index in [1.807, 2.05) is 32.3 Å². The summed E-state index contributed by atoms with van der Waals surface area (Å²) in [5, 5.41) is 3.35. The number of aromatic nitrogens is 2. The van der Waals surface area contributed by atoms with E-state index >= 15 is 0 Å². The molecule has 1 spiro atoms. The summed E-state index contributed by atoms with van der Waals surface area (Å²) in [5.74, 6) is 1.11. The molecule has 42 heavy (non-hydrogen) atoms. The van der Waals surface area contributed by atoms with Crippen molar-refractivity contribution in [1.29, 1.82) is 0 Å². The van der Waals surface area contributed by atoms with Crippen molar-refractivity contribution < 1.29 is 23.9 Å². The number of carbonyl (C=O) groups excluding carboxylic acids is 3. The summed E-state index contributed by atoms with van der Waals surface area (Å²) in [6.45, 7) is 16.9. The van der Waals surface area contributed by atoms with Gasteiger partial charge < -0.3 is 19.7 Å². The average Bonchev–Trinajstić information content (AvgIpc) is 3.47. The van der Waals surface area contributed by atoms with Crippen molar-refractivity contribution in [2.24, 2.45) is 11.3 Å². The first-order chi connectivity index (χ1) is 19.6. The first kappa shape index (κ1) is 34.8. The van der Waals surface area contributed by atoms with E-state index in [0.717, 1.165) is 61.4 Å². The van der Waals surface area contributed by atoms with Crippen LogP contribution in [-0.4, -0.2) is 65.6 Å². The highest BCUT2D eigenvalue weighted by Crippen LogP contribution is 2.59. The van der Waals surface area contributed by atoms with Crippen molar-refractivity contribution in [3.8, 4) is 0 Å². The molecule has 1 aliphatic carbocycles. The van der Waals surface area contributed by atoms with Gasteiger partial charge in [0.15, 0.2) is 0 Å². The molecule has 2 amide bonds. The number of imidazole rings is 1. The smallest absolute Gasteiger partial charge is 0.410 e. The molecule has 9 nitrogen and oxygen atoms in total. The number of unbranched alkanes of at least 4 members (excludes halogenated alkanes) is 2. The Hall–Kier alpha value is -1.72. The topological polar surface area (TPSA) is 103 Å². The molecule has 2 heterocycles. The van der Waals surface area contributed by atoms with E-state index in [-0.39, 0.29) is 29.4 Å². The Morgan fingerprint density at radius 1 is 1.17 bits per heavy atom. The SMILES string of the molecule is CCC(=O)CCCCC[C@H](NC(=O)[C@H]1CC12CCN(C(=O)OC(C)(C)C)CC2)c1ncc(Br)n1COCC[Si](C)(C)C. The Morgan fingerprint density at radius 2 is 1.86 bits per heavy atom. The summed E-state index contributed by atoms with van der Waals surface area (Å²) >= 11 is 3.63. The molecule has 2 aliphatic rings. The van der Waals surface area contributed by atoms with Crippen LogP contribution in [0.5, 0.6) is 0 Å². The minimum absolute atomic E-state index is 0.0381. The fourth-order valence-electron chi connectivity index (χ4n) is 5.60. The maximum Gasteiger partial charge on any atom is 0.410 e. The van der Waals surface area contributed by atoms with Crippen LogP contribution in [0.1, 0.15) is 97.3 Å². The summed E-state index contributed by atoms with van der Waals surface area (Å²) in [6.07, 6.45) is 8.61. The van der Waals surface area contributed by atoms with Gasteiger partial charge in [0, 0.05) is 46.5 Å². The summed E-state index contributed by atoms with van der Waals surface area (Å²) in [6, 6.07) is 0.839. The Morgan fingerprint density at radius 3 is 2.48 bits per heavy atom. The monoisotopic (exact) mass is 668 g/mol. The fourth-order valence-corrected chi connectivity index (χ4v) is 6.75. The van der Waals surface area contributed by atoms with Crippen molar-refractivity contribution in [3.63, 3.8) is 0 Å². The average molecular weight is 670 g/mol. The highest BCUT2D eigenvalue weighted by Gasteiger charge is 2.59. The van der Waals surface area contributed by atoms with Crippen LogP contribution in [0.25, 0.3) is 0 Å². The minimum atomic E-state index is -1.20. The number of piperidine rings is 1. The molecular weight excluding hydrogens is 616 g/mol. The van der Waals surface area contributed by atoms with Crippen molar-refractivity contribution in [1.82, 2.24) is 19.8 Å². The molecule has 1 aromatic heterocycles. The third-order valence-electron chi connectivity index (χ3n) is 8.44. The lowest BCUT2D eigenvalue weighted by atomic mass is 9.90. The number of ketones is 1. The molecule has 3 rings (SSSR count). The summed E-state index contributed by atoms with van der Waals surface area (Å²) in [5.41, 5.74) is -0.557. The van der Waals surface area contributed by atoms with Gasteiger partial charge in [-0.25, -0.2) is 9.78 Å². The first-order valence-corrected chi connectivity index (χ1v) is 20.2. The number of hydrogen-bond acceptors (Lipinski definition) is 6. The lowest BCUT2D eigenvalue weighted by molar-refractivity contribution is -0.124. The largest absolute Gasteiger partial charge is 0.444 e. The van der Waals surface area contributed by atoms with Gasteiger partial charge in [0.25, 0.3) is 0 Å². The van der Waals surface area contributed by atoms with Crippen LogP contribution in [0.4, 0.5) is 4.79 Å². The molecule has 2 fully saturated rings. The lowest BCUT2D eigenvalue weighted by Crippen LogP contribution is -2.43. The lowest BCUT2D eigenvalue weighted by Gasteiger charge is -2.34. The number of carbonyl (C=O) groups is 3. The Kier molecular flexibility index (Phi) is 12.3. The van der Waals surface area contributed by atoms with Crippen molar-refractivity contribution in [2.45, 2.75) is 130 Å². The van der Waals surface area contributed by atoms with Crippen molar-refractivity contribution >= 4 is 41.8 Å². The highest BCUT2D eigenvalue weighted by molar-refractivity contribution is 9.10. The molecular formula is C31H53BrN4O5Si. The Bertz CT molecular complexity index is 1070. The van der Waals surface area contributed by atoms with Gasteiger partial charge in [0.2, 0.25) is 5.91 Å². The third kappa shape index (κ3) is 10.5. The molecule has 1 aromatic rings. The third-order valence-corrected chi connectivity index (χ3v) is 10.8. The molecule has 1 N–H and O–H groups in total. The number of ether oxygens (including phenoxy) is 2. The van der Waals surface area contributed by atoms with Gasteiger partial charge in [-0.2, -0.15) is 0 Å². The van der Waals surface area contributed by atoms with E-state index < -0.39 is 13.7 Å². The molecule has 0 bridgehead atoms. The quantitative estimate of drug-likeness (QED) is 0.158. The van der Waals surface area contributed by atoms with E-state index in [9.17, 15) is 14.4 Å². The van der Waals surface area contributed by atoms with Crippen LogP contribution in [-0.2, 0) is 25.8 Å². The van der Waals surface area contributed by atoms with Crippen molar-refractivity contribution in [2.75, 3.05) is 19.7 Å². The van der Waals surface area contributed by atoms with Gasteiger partial charge in [0.05, 0.1) is 12.2 Å². The predicted molar refractivity (Wildman–Crippen MR) is 171 cm³/mol. The molecule has 1 saturated heterocycles. The summed E-state index contributed by atoms with van der Waals surface area (Å²) in [7, 11) is -1.20. The minimum Gasteiger partial charge on any atom is -0.444 e. The Balaban J connectivity index is 1.62. The van der Waals surface area contributed by atoms with Crippen molar-refractivity contribution in [3.05, 3.63) is 16.6 Å². The van der Waals surface area contributed by atoms with Crippen LogP contribution >= 0.6 is 15.9 Å².